The summed E-state index contributed by atoms with van der Waals surface area (Å²) >= 11 is 1.01. The molecule has 1 aromatic heterocycles. The third kappa shape index (κ3) is 10.3. The van der Waals surface area contributed by atoms with Crippen LogP contribution in [0.1, 0.15) is 44.5 Å². The van der Waals surface area contributed by atoms with Crippen molar-refractivity contribution in [2.45, 2.75) is 65.0 Å². The van der Waals surface area contributed by atoms with Gasteiger partial charge in [0.05, 0.1) is 32.5 Å². The van der Waals surface area contributed by atoms with Gasteiger partial charge < -0.3 is 19.7 Å². The highest BCUT2D eigenvalue weighted by Gasteiger charge is 2.39. The number of H-pyrrole nitrogens is 1. The van der Waals surface area contributed by atoms with Crippen LogP contribution in [0.4, 0.5) is 0 Å². The Hall–Kier alpha value is -3.43. The Morgan fingerprint density at radius 1 is 1.27 bits per heavy atom. The van der Waals surface area contributed by atoms with E-state index in [1.165, 1.54) is 36.9 Å². The van der Waals surface area contributed by atoms with Gasteiger partial charge in [-0.15, -0.1) is 0 Å². The number of nitrogens with zero attached hydrogens (tertiary/aromatic N) is 4. The number of rotatable bonds is 14. The summed E-state index contributed by atoms with van der Waals surface area (Å²) in [5, 5.41) is 3.65. The number of phosphoric ester groups is 1. The number of azide groups is 1. The minimum atomic E-state index is -4.37. The van der Waals surface area contributed by atoms with Crippen LogP contribution in [0.3, 0.4) is 0 Å². The number of hydrogen-bond acceptors (Lipinski definition) is 13. The van der Waals surface area contributed by atoms with Crippen LogP contribution < -0.4 is 21.5 Å². The SMILES string of the molecule is COC(=O)[C@H](N)Cc1ccc(OP(=O)(OCCSC(=O)C(C)(C)C)OC[C@H]2O[C@@H](n3cc(C)c(=O)[nH]c3=O)C[C@@H]2N=[N+]=[N-])cc1. The fraction of sp³-hybridized carbons (Fsp3) is 0.556. The third-order valence-electron chi connectivity index (χ3n) is 6.54. The molecule has 0 amide bonds. The van der Waals surface area contributed by atoms with E-state index in [1.54, 1.807) is 32.9 Å². The highest BCUT2D eigenvalue weighted by atomic mass is 32.2. The predicted octanol–water partition coefficient (Wildman–Crippen LogP) is 3.38. The number of nitrogens with two attached hydrogens (primary N) is 1. The Morgan fingerprint density at radius 3 is 2.58 bits per heavy atom. The molecule has 0 saturated carbocycles. The summed E-state index contributed by atoms with van der Waals surface area (Å²) in [6, 6.07) is 4.52. The molecule has 2 heterocycles. The largest absolute Gasteiger partial charge is 0.530 e. The van der Waals surface area contributed by atoms with Crippen molar-refractivity contribution in [2.24, 2.45) is 16.3 Å². The molecule has 2 aromatic rings. The summed E-state index contributed by atoms with van der Waals surface area (Å²) in [7, 11) is -3.13. The van der Waals surface area contributed by atoms with Crippen molar-refractivity contribution >= 4 is 30.7 Å². The van der Waals surface area contributed by atoms with Crippen molar-refractivity contribution < 1.29 is 37.2 Å². The first-order chi connectivity index (χ1) is 21.2. The van der Waals surface area contributed by atoms with Gasteiger partial charge in [0.2, 0.25) is 0 Å². The van der Waals surface area contributed by atoms with Gasteiger partial charge in [0.25, 0.3) is 5.56 Å². The molecule has 3 N–H and O–H groups in total. The summed E-state index contributed by atoms with van der Waals surface area (Å²) in [5.41, 5.74) is 14.0. The highest BCUT2D eigenvalue weighted by molar-refractivity contribution is 8.13. The average Bonchev–Trinajstić information content (AvgIpc) is 3.38. The maximum Gasteiger partial charge on any atom is 0.530 e. The van der Waals surface area contributed by atoms with Gasteiger partial charge in [-0.1, -0.05) is 49.8 Å². The van der Waals surface area contributed by atoms with E-state index in [2.05, 4.69) is 19.7 Å². The normalized spacial score (nSPS) is 20.1. The van der Waals surface area contributed by atoms with Crippen molar-refractivity contribution in [1.82, 2.24) is 9.55 Å². The predicted molar refractivity (Wildman–Crippen MR) is 165 cm³/mol. The standard InChI is InChI=1S/C27H37N6O10PS/c1-16-14-33(26(37)30-23(16)34)22-13-20(31-32-29)21(42-22)15-41-44(38,40-10-11-45-25(36)27(2,3)4)43-18-8-6-17(7-9-18)12-19(28)24(35)39-5/h6-9,14,19-22H,10-13,15,28H2,1-5H3,(H,30,34,37)/t19-,20+,21-,22-,44?/m1/s1. The van der Waals surface area contributed by atoms with Crippen molar-refractivity contribution in [1.29, 1.82) is 0 Å². The highest BCUT2D eigenvalue weighted by Crippen LogP contribution is 2.50. The van der Waals surface area contributed by atoms with Gasteiger partial charge in [-0.3, -0.25) is 33.0 Å². The first-order valence-corrected chi connectivity index (χ1v) is 16.3. The quantitative estimate of drug-likeness (QED) is 0.0737. The molecule has 1 aliphatic heterocycles. The maximum absolute atomic E-state index is 13.8. The Balaban J connectivity index is 1.76. The van der Waals surface area contributed by atoms with Crippen LogP contribution in [0.15, 0.2) is 45.2 Å². The van der Waals surface area contributed by atoms with Crippen LogP contribution in [0, 0.1) is 12.3 Å². The van der Waals surface area contributed by atoms with Crippen LogP contribution in [0.25, 0.3) is 10.4 Å². The van der Waals surface area contributed by atoms with E-state index in [9.17, 15) is 23.7 Å². The van der Waals surface area contributed by atoms with E-state index in [-0.39, 0.29) is 41.6 Å². The van der Waals surface area contributed by atoms with Crippen molar-refractivity contribution in [3.63, 3.8) is 0 Å². The van der Waals surface area contributed by atoms with E-state index in [0.29, 0.717) is 5.56 Å². The Kier molecular flexibility index (Phi) is 12.6. The summed E-state index contributed by atoms with van der Waals surface area (Å²) in [4.78, 5) is 53.2. The van der Waals surface area contributed by atoms with E-state index < -0.39 is 61.5 Å². The molecule has 1 aliphatic rings. The molecule has 246 valence electrons. The third-order valence-corrected chi connectivity index (χ3v) is 9.18. The topological polar surface area (TPSA) is 227 Å². The zero-order chi connectivity index (χ0) is 33.4. The molecule has 0 aliphatic carbocycles. The van der Waals surface area contributed by atoms with Gasteiger partial charge in [0, 0.05) is 34.3 Å². The number of esters is 1. The fourth-order valence-corrected chi connectivity index (χ4v) is 6.20. The average molecular weight is 669 g/mol. The number of nitrogens with one attached hydrogen (secondary N) is 1. The summed E-state index contributed by atoms with van der Waals surface area (Å²) < 4.78 is 42.4. The first kappa shape index (κ1) is 36.0. The number of carbonyl (C=O) groups excluding carboxylic acids is 2. The lowest BCUT2D eigenvalue weighted by molar-refractivity contribution is -0.142. The molecule has 18 heteroatoms. The summed E-state index contributed by atoms with van der Waals surface area (Å²) in [6.45, 7) is 6.26. The second kappa shape index (κ2) is 15.7. The number of thioether (sulfide) groups is 1. The van der Waals surface area contributed by atoms with Crippen LogP contribution in [0.2, 0.25) is 0 Å². The number of ether oxygens (including phenoxy) is 2. The number of aromatic amines is 1. The minimum absolute atomic E-state index is 0.0657. The number of aromatic nitrogens is 2. The molecule has 1 unspecified atom stereocenters. The maximum atomic E-state index is 13.8. The summed E-state index contributed by atoms with van der Waals surface area (Å²) in [5.74, 6) is -0.297. The van der Waals surface area contributed by atoms with Gasteiger partial charge in [0.15, 0.2) is 5.12 Å². The van der Waals surface area contributed by atoms with Gasteiger partial charge in [-0.25, -0.2) is 9.36 Å². The zero-order valence-electron chi connectivity index (χ0n) is 25.5. The second-order valence-corrected chi connectivity index (χ2v) is 13.8. The van der Waals surface area contributed by atoms with E-state index >= 15 is 0 Å². The molecule has 1 fully saturated rings. The van der Waals surface area contributed by atoms with Gasteiger partial charge in [0.1, 0.15) is 18.0 Å². The Labute approximate surface area is 263 Å². The molecule has 16 nitrogen and oxygen atoms in total. The number of hydrogen-bond donors (Lipinski definition) is 2. The van der Waals surface area contributed by atoms with Crippen molar-refractivity contribution in [3.8, 4) is 5.75 Å². The smallest absolute Gasteiger partial charge is 0.468 e. The zero-order valence-corrected chi connectivity index (χ0v) is 27.2. The lowest BCUT2D eigenvalue weighted by Crippen LogP contribution is -2.33. The number of methoxy groups -OCH3 is 1. The van der Waals surface area contributed by atoms with E-state index in [4.69, 9.17) is 29.6 Å². The van der Waals surface area contributed by atoms with Gasteiger partial charge in [-0.05, 0) is 36.6 Å². The molecular formula is C27H37N6O10PS. The summed E-state index contributed by atoms with van der Waals surface area (Å²) in [6.07, 6.45) is -0.296. The molecule has 3 rings (SSSR count). The molecular weight excluding hydrogens is 631 g/mol. The van der Waals surface area contributed by atoms with Crippen molar-refractivity contribution in [3.05, 3.63) is 72.9 Å². The van der Waals surface area contributed by atoms with E-state index in [1.807, 2.05) is 0 Å². The van der Waals surface area contributed by atoms with Crippen molar-refractivity contribution in [2.75, 3.05) is 26.1 Å². The lowest BCUT2D eigenvalue weighted by atomic mass is 10.00. The first-order valence-electron chi connectivity index (χ1n) is 13.9. The minimum Gasteiger partial charge on any atom is -0.468 e. The van der Waals surface area contributed by atoms with Gasteiger partial charge in [-0.2, -0.15) is 0 Å². The Morgan fingerprint density at radius 2 is 1.96 bits per heavy atom. The number of carbonyl (C=O) groups is 2. The van der Waals surface area contributed by atoms with Crippen LogP contribution >= 0.6 is 19.6 Å². The number of benzene rings is 1. The number of aryl methyl sites for hydroxylation is 1. The molecule has 0 bridgehead atoms. The Bertz CT molecular complexity index is 1570. The molecule has 0 radical (unpaired) electrons. The fourth-order valence-electron chi connectivity index (χ4n) is 4.08. The molecule has 0 spiro atoms. The van der Waals surface area contributed by atoms with Crippen LogP contribution in [-0.4, -0.2) is 64.9 Å². The number of phosphoric acid groups is 1. The lowest BCUT2D eigenvalue weighted by Gasteiger charge is -2.22. The van der Waals surface area contributed by atoms with Gasteiger partial charge >= 0.3 is 19.5 Å². The van der Waals surface area contributed by atoms with Crippen LogP contribution in [0.5, 0.6) is 5.75 Å². The molecule has 5 atom stereocenters. The second-order valence-electron chi connectivity index (χ2n) is 11.1. The van der Waals surface area contributed by atoms with Crippen LogP contribution in [-0.2, 0) is 39.1 Å². The monoisotopic (exact) mass is 668 g/mol. The molecule has 1 aromatic carbocycles. The molecule has 45 heavy (non-hydrogen) atoms. The molecule has 1 saturated heterocycles. The van der Waals surface area contributed by atoms with E-state index in [0.717, 1.165) is 11.8 Å².